The molecule has 0 radical (unpaired) electrons. The van der Waals surface area contributed by atoms with Crippen molar-refractivity contribution in [1.82, 2.24) is 14.9 Å². The fraction of sp³-hybridized carbons (Fsp3) is 0.500. The Morgan fingerprint density at radius 3 is 2.64 bits per heavy atom. The Labute approximate surface area is 164 Å². The largest absolute Gasteiger partial charge is 0.344 e. The van der Waals surface area contributed by atoms with Crippen molar-refractivity contribution in [2.75, 3.05) is 11.5 Å². The number of aromatic nitrogens is 2. The predicted octanol–water partition coefficient (Wildman–Crippen LogP) is 2.72. The van der Waals surface area contributed by atoms with Gasteiger partial charge in [0.25, 0.3) is 5.91 Å². The Kier molecular flexibility index (Phi) is 4.77. The first-order valence-corrected chi connectivity index (χ1v) is 11.5. The number of imidazole rings is 1. The number of nitrogens with zero attached hydrogens (tertiary/aromatic N) is 2. The van der Waals surface area contributed by atoms with Crippen LogP contribution >= 0.6 is 0 Å². The molecule has 1 fully saturated rings. The first kappa shape index (κ1) is 19.1. The zero-order chi connectivity index (χ0) is 19.9. The van der Waals surface area contributed by atoms with Crippen LogP contribution < -0.4 is 5.32 Å². The van der Waals surface area contributed by atoms with Gasteiger partial charge < -0.3 is 9.88 Å². The molecule has 2 aliphatic rings. The smallest absolute Gasteiger partial charge is 0.272 e. The lowest BCUT2D eigenvalue weighted by Gasteiger charge is -2.23. The standard InChI is InChI=1S/C20H24FN3O3S/c1-20(10-12-28(26,27)13-20)23-19(25)17-16-5-3-2-4-11-24(16)18(22-17)14-6-8-15(21)9-7-14/h6-9H,2-5,10-13H2,1H3,(H,23,25)/t20-/m0/s1. The lowest BCUT2D eigenvalue weighted by molar-refractivity contribution is 0.0909. The van der Waals surface area contributed by atoms with Crippen LogP contribution in [-0.2, 0) is 22.8 Å². The summed E-state index contributed by atoms with van der Waals surface area (Å²) < 4.78 is 39.1. The van der Waals surface area contributed by atoms with Crippen molar-refractivity contribution in [3.05, 3.63) is 41.5 Å². The second kappa shape index (κ2) is 6.99. The number of fused-ring (bicyclic) bond motifs is 1. The molecule has 3 heterocycles. The zero-order valence-corrected chi connectivity index (χ0v) is 16.7. The van der Waals surface area contributed by atoms with Gasteiger partial charge in [0.05, 0.1) is 22.7 Å². The van der Waals surface area contributed by atoms with E-state index in [-0.39, 0.29) is 23.2 Å². The highest BCUT2D eigenvalue weighted by molar-refractivity contribution is 7.91. The number of sulfone groups is 1. The molecule has 1 aromatic heterocycles. The molecule has 0 bridgehead atoms. The molecule has 1 saturated heterocycles. The molecule has 1 amide bonds. The van der Waals surface area contributed by atoms with Gasteiger partial charge in [0.1, 0.15) is 17.3 Å². The van der Waals surface area contributed by atoms with E-state index in [0.29, 0.717) is 17.9 Å². The van der Waals surface area contributed by atoms with E-state index in [1.54, 1.807) is 19.1 Å². The number of hydrogen-bond donors (Lipinski definition) is 1. The fourth-order valence-corrected chi connectivity index (χ4v) is 6.26. The van der Waals surface area contributed by atoms with Gasteiger partial charge in [-0.05, 0) is 56.9 Å². The lowest BCUT2D eigenvalue weighted by atomic mass is 10.0. The molecule has 1 aromatic carbocycles. The number of benzene rings is 1. The van der Waals surface area contributed by atoms with Crippen molar-refractivity contribution in [3.8, 4) is 11.4 Å². The van der Waals surface area contributed by atoms with E-state index in [1.165, 1.54) is 12.1 Å². The summed E-state index contributed by atoms with van der Waals surface area (Å²) in [5.41, 5.74) is 1.22. The Bertz CT molecular complexity index is 1010. The topological polar surface area (TPSA) is 81.1 Å². The average Bonchev–Trinajstić information content (AvgIpc) is 3.01. The Hall–Kier alpha value is -2.22. The quantitative estimate of drug-likeness (QED) is 0.851. The molecular formula is C20H24FN3O3S. The van der Waals surface area contributed by atoms with E-state index in [2.05, 4.69) is 14.9 Å². The third-order valence-corrected chi connectivity index (χ3v) is 7.51. The minimum Gasteiger partial charge on any atom is -0.344 e. The normalized spacial score (nSPS) is 23.8. The van der Waals surface area contributed by atoms with Gasteiger partial charge in [0.2, 0.25) is 0 Å². The number of hydrogen-bond acceptors (Lipinski definition) is 4. The third kappa shape index (κ3) is 3.70. The van der Waals surface area contributed by atoms with E-state index in [0.717, 1.165) is 43.5 Å². The molecule has 0 saturated carbocycles. The average molecular weight is 405 g/mol. The van der Waals surface area contributed by atoms with Crippen LogP contribution in [0, 0.1) is 5.82 Å². The van der Waals surface area contributed by atoms with Crippen LogP contribution in [0.2, 0.25) is 0 Å². The summed E-state index contributed by atoms with van der Waals surface area (Å²) in [6.45, 7) is 2.53. The number of halogens is 1. The van der Waals surface area contributed by atoms with Crippen molar-refractivity contribution in [3.63, 3.8) is 0 Å². The van der Waals surface area contributed by atoms with Crippen molar-refractivity contribution in [2.24, 2.45) is 0 Å². The maximum atomic E-state index is 13.3. The zero-order valence-electron chi connectivity index (χ0n) is 15.9. The minimum atomic E-state index is -3.12. The van der Waals surface area contributed by atoms with E-state index in [1.807, 2.05) is 0 Å². The molecule has 4 rings (SSSR count). The Morgan fingerprint density at radius 1 is 1.21 bits per heavy atom. The molecule has 2 aliphatic heterocycles. The molecule has 8 heteroatoms. The van der Waals surface area contributed by atoms with Crippen LogP contribution in [0.4, 0.5) is 4.39 Å². The summed E-state index contributed by atoms with van der Waals surface area (Å²) in [6, 6.07) is 6.11. The summed E-state index contributed by atoms with van der Waals surface area (Å²) in [5.74, 6) is 0.0444. The van der Waals surface area contributed by atoms with Crippen LogP contribution in [0.1, 0.15) is 48.8 Å². The highest BCUT2D eigenvalue weighted by Crippen LogP contribution is 2.29. The maximum Gasteiger partial charge on any atom is 0.272 e. The highest BCUT2D eigenvalue weighted by Gasteiger charge is 2.40. The first-order chi connectivity index (χ1) is 13.3. The van der Waals surface area contributed by atoms with Gasteiger partial charge >= 0.3 is 0 Å². The molecule has 1 atom stereocenters. The van der Waals surface area contributed by atoms with Crippen LogP contribution in [0.3, 0.4) is 0 Å². The molecule has 6 nitrogen and oxygen atoms in total. The molecule has 28 heavy (non-hydrogen) atoms. The fourth-order valence-electron chi connectivity index (χ4n) is 4.16. The number of carbonyl (C=O) groups is 1. The minimum absolute atomic E-state index is 0.0490. The van der Waals surface area contributed by atoms with E-state index < -0.39 is 15.4 Å². The molecule has 0 aliphatic carbocycles. The Morgan fingerprint density at radius 2 is 1.96 bits per heavy atom. The van der Waals surface area contributed by atoms with Gasteiger partial charge in [0, 0.05) is 12.1 Å². The molecule has 2 aromatic rings. The van der Waals surface area contributed by atoms with Crippen molar-refractivity contribution in [1.29, 1.82) is 0 Å². The van der Waals surface area contributed by atoms with Gasteiger partial charge in [-0.3, -0.25) is 4.79 Å². The summed E-state index contributed by atoms with van der Waals surface area (Å²) in [6.07, 6.45) is 4.19. The molecule has 150 valence electrons. The third-order valence-electron chi connectivity index (χ3n) is 5.60. The van der Waals surface area contributed by atoms with E-state index in [4.69, 9.17) is 0 Å². The van der Waals surface area contributed by atoms with Crippen LogP contribution in [0.25, 0.3) is 11.4 Å². The number of nitrogens with one attached hydrogen (secondary N) is 1. The van der Waals surface area contributed by atoms with E-state index >= 15 is 0 Å². The van der Waals surface area contributed by atoms with Crippen molar-refractivity contribution in [2.45, 2.75) is 51.1 Å². The Balaban J connectivity index is 1.70. The van der Waals surface area contributed by atoms with Crippen LogP contribution in [-0.4, -0.2) is 40.9 Å². The molecule has 1 N–H and O–H groups in total. The summed E-state index contributed by atoms with van der Waals surface area (Å²) in [5, 5.41) is 2.92. The SMILES string of the molecule is C[C@]1(NC(=O)c2nc(-c3ccc(F)cc3)n3c2CCCCC3)CCS(=O)(=O)C1. The molecule has 0 spiro atoms. The molecular weight excluding hydrogens is 381 g/mol. The molecule has 0 unspecified atom stereocenters. The second-order valence-electron chi connectivity index (χ2n) is 8.06. The van der Waals surface area contributed by atoms with Crippen LogP contribution in [0.15, 0.2) is 24.3 Å². The van der Waals surface area contributed by atoms with Gasteiger partial charge in [-0.2, -0.15) is 0 Å². The van der Waals surface area contributed by atoms with Gasteiger partial charge in [-0.15, -0.1) is 0 Å². The number of amides is 1. The predicted molar refractivity (Wildman–Crippen MR) is 104 cm³/mol. The van der Waals surface area contributed by atoms with Gasteiger partial charge in [-0.25, -0.2) is 17.8 Å². The maximum absolute atomic E-state index is 13.3. The summed E-state index contributed by atoms with van der Waals surface area (Å²) in [7, 11) is -3.12. The van der Waals surface area contributed by atoms with Crippen molar-refractivity contribution < 1.29 is 17.6 Å². The second-order valence-corrected chi connectivity index (χ2v) is 10.2. The summed E-state index contributed by atoms with van der Waals surface area (Å²) in [4.78, 5) is 17.7. The summed E-state index contributed by atoms with van der Waals surface area (Å²) >= 11 is 0. The number of rotatable bonds is 3. The van der Waals surface area contributed by atoms with Gasteiger partial charge in [-0.1, -0.05) is 6.42 Å². The van der Waals surface area contributed by atoms with Gasteiger partial charge in [0.15, 0.2) is 9.84 Å². The highest BCUT2D eigenvalue weighted by atomic mass is 32.2. The number of carbonyl (C=O) groups excluding carboxylic acids is 1. The lowest BCUT2D eigenvalue weighted by Crippen LogP contribution is -2.47. The van der Waals surface area contributed by atoms with E-state index in [9.17, 15) is 17.6 Å². The van der Waals surface area contributed by atoms with Crippen LogP contribution in [0.5, 0.6) is 0 Å². The first-order valence-electron chi connectivity index (χ1n) is 9.65. The monoisotopic (exact) mass is 405 g/mol. The van der Waals surface area contributed by atoms with Crippen molar-refractivity contribution >= 4 is 15.7 Å².